The molecule has 2 N–H and O–H groups in total. The van der Waals surface area contributed by atoms with Crippen molar-refractivity contribution in [1.29, 1.82) is 0 Å². The highest BCUT2D eigenvalue weighted by molar-refractivity contribution is 7.83. The molecule has 2 unspecified atom stereocenters. The molecule has 7 heteroatoms. The fourth-order valence-electron chi connectivity index (χ4n) is 2.68. The third kappa shape index (κ3) is 3.28. The zero-order chi connectivity index (χ0) is 16.6. The molecule has 1 aliphatic rings. The fourth-order valence-corrected chi connectivity index (χ4v) is 4.35. The molecule has 0 radical (unpaired) electrons. The quantitative estimate of drug-likeness (QED) is 0.855. The van der Waals surface area contributed by atoms with Crippen LogP contribution in [0.4, 0.5) is 0 Å². The molecule has 2 aromatic rings. The second-order valence-electron chi connectivity index (χ2n) is 5.25. The number of halogens is 2. The van der Waals surface area contributed by atoms with E-state index in [1.165, 1.54) is 0 Å². The highest BCUT2D eigenvalue weighted by atomic mass is 35.5. The first-order valence-electron chi connectivity index (χ1n) is 6.95. The highest BCUT2D eigenvalue weighted by Gasteiger charge is 2.26. The molecule has 2 atom stereocenters. The summed E-state index contributed by atoms with van der Waals surface area (Å²) in [5.74, 6) is -0.975. The van der Waals surface area contributed by atoms with Gasteiger partial charge in [-0.15, -0.1) is 0 Å². The van der Waals surface area contributed by atoms with E-state index in [1.54, 1.807) is 30.3 Å². The summed E-state index contributed by atoms with van der Waals surface area (Å²) < 4.78 is 15.6. The molecule has 0 spiro atoms. The molecule has 4 nitrogen and oxygen atoms in total. The monoisotopic (exact) mass is 369 g/mol. The minimum atomic E-state index is -1.53. The van der Waals surface area contributed by atoms with Crippen molar-refractivity contribution in [2.24, 2.45) is 0 Å². The van der Waals surface area contributed by atoms with Gasteiger partial charge in [0.25, 0.3) is 0 Å². The first-order chi connectivity index (χ1) is 11.0. The Morgan fingerprint density at radius 2 is 2.04 bits per heavy atom. The number of nitrogens with one attached hydrogen (secondary N) is 1. The van der Waals surface area contributed by atoms with Crippen molar-refractivity contribution >= 4 is 40.2 Å². The van der Waals surface area contributed by atoms with Crippen LogP contribution in [0, 0.1) is 0 Å². The largest absolute Gasteiger partial charge is 0.478 e. The summed E-state index contributed by atoms with van der Waals surface area (Å²) >= 11 is 12.0. The predicted octanol–water partition coefficient (Wildman–Crippen LogP) is 3.99. The van der Waals surface area contributed by atoms with Gasteiger partial charge in [0, 0.05) is 6.04 Å². The molecular formula is C16H13Cl2NO3S. The van der Waals surface area contributed by atoms with Crippen LogP contribution < -0.4 is 4.72 Å². The van der Waals surface area contributed by atoms with E-state index in [4.69, 9.17) is 28.3 Å². The van der Waals surface area contributed by atoms with Gasteiger partial charge in [-0.25, -0.2) is 13.7 Å². The van der Waals surface area contributed by atoms with E-state index >= 15 is 0 Å². The molecule has 0 fully saturated rings. The van der Waals surface area contributed by atoms with E-state index in [9.17, 15) is 9.00 Å². The number of benzene rings is 2. The minimum Gasteiger partial charge on any atom is -0.478 e. The molecule has 0 saturated carbocycles. The molecule has 0 bridgehead atoms. The summed E-state index contributed by atoms with van der Waals surface area (Å²) in [6, 6.07) is 9.84. The van der Waals surface area contributed by atoms with E-state index in [1.807, 2.05) is 6.07 Å². The van der Waals surface area contributed by atoms with Crippen LogP contribution in [0.5, 0.6) is 0 Å². The summed E-state index contributed by atoms with van der Waals surface area (Å²) in [6.45, 7) is 0. The summed E-state index contributed by atoms with van der Waals surface area (Å²) in [5, 5.41) is 9.72. The van der Waals surface area contributed by atoms with Gasteiger partial charge in [-0.3, -0.25) is 0 Å². The SMILES string of the molecule is O=C(O)c1ccc2c(c1)C(NS(=O)c1cccc(Cl)c1Cl)CC2. The molecule has 2 aromatic carbocycles. The van der Waals surface area contributed by atoms with Crippen LogP contribution in [-0.2, 0) is 17.4 Å². The van der Waals surface area contributed by atoms with Crippen LogP contribution in [0.3, 0.4) is 0 Å². The average molecular weight is 370 g/mol. The normalized spacial score (nSPS) is 17.7. The van der Waals surface area contributed by atoms with Crippen LogP contribution in [0.15, 0.2) is 41.3 Å². The highest BCUT2D eigenvalue weighted by Crippen LogP contribution is 2.34. The molecule has 120 valence electrons. The smallest absolute Gasteiger partial charge is 0.335 e. The molecule has 0 saturated heterocycles. The van der Waals surface area contributed by atoms with Crippen molar-refractivity contribution in [2.75, 3.05) is 0 Å². The summed E-state index contributed by atoms with van der Waals surface area (Å²) in [7, 11) is -1.53. The zero-order valence-corrected chi connectivity index (χ0v) is 14.2. The number of aryl methyl sites for hydroxylation is 1. The van der Waals surface area contributed by atoms with E-state index in [-0.39, 0.29) is 16.6 Å². The number of fused-ring (bicyclic) bond motifs is 1. The Morgan fingerprint density at radius 1 is 1.26 bits per heavy atom. The van der Waals surface area contributed by atoms with Gasteiger partial charge < -0.3 is 5.11 Å². The van der Waals surface area contributed by atoms with Gasteiger partial charge >= 0.3 is 5.97 Å². The number of hydrogen-bond donors (Lipinski definition) is 2. The average Bonchev–Trinajstić information content (AvgIpc) is 2.92. The Labute approximate surface area is 146 Å². The molecule has 0 amide bonds. The number of rotatable bonds is 4. The molecule has 1 aliphatic carbocycles. The van der Waals surface area contributed by atoms with Crippen molar-refractivity contribution in [2.45, 2.75) is 23.8 Å². The predicted molar refractivity (Wildman–Crippen MR) is 90.5 cm³/mol. The van der Waals surface area contributed by atoms with Gasteiger partial charge in [-0.2, -0.15) is 0 Å². The van der Waals surface area contributed by atoms with Gasteiger partial charge in [0.05, 0.1) is 20.5 Å². The maximum atomic E-state index is 12.5. The van der Waals surface area contributed by atoms with Crippen LogP contribution >= 0.6 is 23.2 Å². The second kappa shape index (κ2) is 6.61. The number of carboxylic acid groups (broad SMARTS) is 1. The number of aromatic carboxylic acids is 1. The third-order valence-corrected chi connectivity index (χ3v) is 6.01. The topological polar surface area (TPSA) is 66.4 Å². The Kier molecular flexibility index (Phi) is 4.73. The van der Waals surface area contributed by atoms with Crippen molar-refractivity contribution in [1.82, 2.24) is 4.72 Å². The lowest BCUT2D eigenvalue weighted by Crippen LogP contribution is -2.22. The second-order valence-corrected chi connectivity index (χ2v) is 7.25. The first-order valence-corrected chi connectivity index (χ1v) is 8.86. The molecule has 0 heterocycles. The molecule has 3 rings (SSSR count). The van der Waals surface area contributed by atoms with Crippen molar-refractivity contribution in [3.8, 4) is 0 Å². The van der Waals surface area contributed by atoms with Gasteiger partial charge in [-0.05, 0) is 48.2 Å². The molecule has 0 aliphatic heterocycles. The Bertz CT molecular complexity index is 810. The summed E-state index contributed by atoms with van der Waals surface area (Å²) in [4.78, 5) is 11.5. The van der Waals surface area contributed by atoms with Gasteiger partial charge in [0.2, 0.25) is 0 Å². The maximum absolute atomic E-state index is 12.5. The van der Waals surface area contributed by atoms with Gasteiger partial charge in [0.15, 0.2) is 0 Å². The first kappa shape index (κ1) is 16.5. The van der Waals surface area contributed by atoms with Gasteiger partial charge in [-0.1, -0.05) is 35.3 Å². The summed E-state index contributed by atoms with van der Waals surface area (Å²) in [6.07, 6.45) is 1.57. The van der Waals surface area contributed by atoms with E-state index in [2.05, 4.69) is 4.72 Å². The molecule has 0 aromatic heterocycles. The van der Waals surface area contributed by atoms with Crippen LogP contribution in [0.2, 0.25) is 10.0 Å². The van der Waals surface area contributed by atoms with Crippen LogP contribution in [0.1, 0.15) is 33.9 Å². The lowest BCUT2D eigenvalue weighted by Gasteiger charge is -2.15. The lowest BCUT2D eigenvalue weighted by atomic mass is 10.0. The van der Waals surface area contributed by atoms with Crippen LogP contribution in [-0.4, -0.2) is 15.3 Å². The number of carbonyl (C=O) groups is 1. The summed E-state index contributed by atoms with van der Waals surface area (Å²) in [5.41, 5.74) is 2.17. The zero-order valence-electron chi connectivity index (χ0n) is 11.9. The van der Waals surface area contributed by atoms with E-state index in [0.717, 1.165) is 24.0 Å². The lowest BCUT2D eigenvalue weighted by molar-refractivity contribution is 0.0696. The Hall–Kier alpha value is -1.40. The maximum Gasteiger partial charge on any atom is 0.335 e. The molecular weight excluding hydrogens is 357 g/mol. The van der Waals surface area contributed by atoms with E-state index in [0.29, 0.717) is 9.92 Å². The van der Waals surface area contributed by atoms with Gasteiger partial charge in [0.1, 0.15) is 11.0 Å². The standard InChI is InChI=1S/C16H13Cl2NO3S/c17-12-2-1-3-14(15(12)18)23(22)19-13-7-6-9-4-5-10(16(20)21)8-11(9)13/h1-5,8,13,19H,6-7H2,(H,20,21). The van der Waals surface area contributed by atoms with E-state index < -0.39 is 17.0 Å². The number of carboxylic acids is 1. The van der Waals surface area contributed by atoms with Crippen molar-refractivity contribution < 1.29 is 14.1 Å². The van der Waals surface area contributed by atoms with Crippen molar-refractivity contribution in [3.05, 3.63) is 63.1 Å². The minimum absolute atomic E-state index is 0.180. The fraction of sp³-hybridized carbons (Fsp3) is 0.188. The van der Waals surface area contributed by atoms with Crippen molar-refractivity contribution in [3.63, 3.8) is 0 Å². The Balaban J connectivity index is 1.86. The number of hydrogen-bond acceptors (Lipinski definition) is 2. The molecule has 23 heavy (non-hydrogen) atoms. The third-order valence-electron chi connectivity index (χ3n) is 3.84. The Morgan fingerprint density at radius 3 is 2.78 bits per heavy atom. The van der Waals surface area contributed by atoms with Crippen LogP contribution in [0.25, 0.3) is 0 Å².